The predicted octanol–water partition coefficient (Wildman–Crippen LogP) is 3.55. The normalized spacial score (nSPS) is 23.6. The van der Waals surface area contributed by atoms with Crippen molar-refractivity contribution in [3.8, 4) is 5.75 Å². The zero-order valence-electron chi connectivity index (χ0n) is 10.0. The van der Waals surface area contributed by atoms with Crippen LogP contribution in [0.5, 0.6) is 5.75 Å². The lowest BCUT2D eigenvalue weighted by Gasteiger charge is -2.15. The lowest BCUT2D eigenvalue weighted by atomic mass is 10.1. The maximum Gasteiger partial charge on any atom is 0.123 e. The van der Waals surface area contributed by atoms with Gasteiger partial charge in [0.2, 0.25) is 0 Å². The van der Waals surface area contributed by atoms with Crippen LogP contribution in [0.3, 0.4) is 0 Å². The Hall–Kier alpha value is -1.19. The van der Waals surface area contributed by atoms with Crippen molar-refractivity contribution < 1.29 is 10.2 Å². The number of aromatic hydroxyl groups is 1. The summed E-state index contributed by atoms with van der Waals surface area (Å²) in [4.78, 5) is 1.15. The topological polar surface area (TPSA) is 40.5 Å². The van der Waals surface area contributed by atoms with Gasteiger partial charge in [-0.2, -0.15) is 0 Å². The minimum Gasteiger partial charge on any atom is -0.507 e. The van der Waals surface area contributed by atoms with Gasteiger partial charge in [0, 0.05) is 15.5 Å². The minimum absolute atomic E-state index is 0.192. The van der Waals surface area contributed by atoms with Gasteiger partial charge in [0.25, 0.3) is 0 Å². The van der Waals surface area contributed by atoms with Gasteiger partial charge in [-0.15, -0.1) is 11.8 Å². The maximum atomic E-state index is 9.91. The lowest BCUT2D eigenvalue weighted by molar-refractivity contribution is 0.188. The molecule has 2 N–H and O–H groups in total. The molecule has 0 amide bonds. The number of benzene rings is 2. The highest BCUT2D eigenvalue weighted by Crippen LogP contribution is 2.40. The van der Waals surface area contributed by atoms with E-state index in [1.54, 1.807) is 17.8 Å². The second kappa shape index (κ2) is 4.82. The van der Waals surface area contributed by atoms with E-state index in [4.69, 9.17) is 0 Å². The molecule has 0 saturated heterocycles. The van der Waals surface area contributed by atoms with Gasteiger partial charge in [0.1, 0.15) is 5.75 Å². The molecule has 0 bridgehead atoms. The average Bonchev–Trinajstić information content (AvgIpc) is 2.79. The molecule has 3 rings (SSSR count). The number of thioether (sulfide) groups is 1. The Morgan fingerprint density at radius 3 is 2.50 bits per heavy atom. The molecule has 0 spiro atoms. The highest BCUT2D eigenvalue weighted by atomic mass is 32.2. The van der Waals surface area contributed by atoms with Crippen molar-refractivity contribution in [1.82, 2.24) is 0 Å². The molecular formula is C15H16O2S. The van der Waals surface area contributed by atoms with E-state index in [-0.39, 0.29) is 11.4 Å². The van der Waals surface area contributed by atoms with Crippen molar-refractivity contribution in [2.45, 2.75) is 35.5 Å². The summed E-state index contributed by atoms with van der Waals surface area (Å²) in [7, 11) is 0. The Morgan fingerprint density at radius 1 is 1.00 bits per heavy atom. The minimum atomic E-state index is -0.192. The number of hydrogen-bond acceptors (Lipinski definition) is 3. The van der Waals surface area contributed by atoms with Gasteiger partial charge in [0.15, 0.2) is 0 Å². The molecular weight excluding hydrogens is 244 g/mol. The Balaban J connectivity index is 1.99. The number of phenols is 1. The molecule has 2 aromatic carbocycles. The first kappa shape index (κ1) is 11.9. The summed E-state index contributed by atoms with van der Waals surface area (Å²) in [5.41, 5.74) is 0. The van der Waals surface area contributed by atoms with Crippen LogP contribution in [0.1, 0.15) is 19.3 Å². The standard InChI is InChI=1S/C15H16O2S/c16-12-8-9-14(11-5-2-1-4-10(11)12)18-15-7-3-6-13(15)17/h1-2,4-5,8-9,13,15-17H,3,6-7H2. The van der Waals surface area contributed by atoms with Crippen LogP contribution in [0.4, 0.5) is 0 Å². The van der Waals surface area contributed by atoms with Crippen LogP contribution in [-0.2, 0) is 0 Å². The van der Waals surface area contributed by atoms with E-state index in [0.717, 1.165) is 34.9 Å². The third-order valence-electron chi connectivity index (χ3n) is 3.56. The molecule has 1 saturated carbocycles. The molecule has 3 heteroatoms. The Labute approximate surface area is 111 Å². The van der Waals surface area contributed by atoms with Crippen molar-refractivity contribution in [2.24, 2.45) is 0 Å². The van der Waals surface area contributed by atoms with Gasteiger partial charge in [-0.1, -0.05) is 24.3 Å². The fourth-order valence-electron chi connectivity index (χ4n) is 2.57. The Bertz CT molecular complexity index is 567. The number of hydrogen-bond donors (Lipinski definition) is 2. The van der Waals surface area contributed by atoms with Gasteiger partial charge in [-0.25, -0.2) is 0 Å². The van der Waals surface area contributed by atoms with Crippen LogP contribution in [0.2, 0.25) is 0 Å². The molecule has 94 valence electrons. The summed E-state index contributed by atoms with van der Waals surface area (Å²) in [5, 5.41) is 22.0. The number of aliphatic hydroxyl groups excluding tert-OH is 1. The van der Waals surface area contributed by atoms with E-state index in [1.807, 2.05) is 30.3 Å². The average molecular weight is 260 g/mol. The molecule has 2 unspecified atom stereocenters. The van der Waals surface area contributed by atoms with Gasteiger partial charge in [0.05, 0.1) is 6.10 Å². The summed E-state index contributed by atoms with van der Waals surface area (Å²) >= 11 is 1.74. The van der Waals surface area contributed by atoms with Crippen LogP contribution in [0.25, 0.3) is 10.8 Å². The molecule has 2 nitrogen and oxygen atoms in total. The highest BCUT2D eigenvalue weighted by molar-refractivity contribution is 8.00. The highest BCUT2D eigenvalue weighted by Gasteiger charge is 2.26. The second-order valence-corrected chi connectivity index (χ2v) is 6.06. The molecule has 18 heavy (non-hydrogen) atoms. The zero-order chi connectivity index (χ0) is 12.5. The Kier molecular flexibility index (Phi) is 3.18. The molecule has 0 aromatic heterocycles. The second-order valence-electron chi connectivity index (χ2n) is 4.78. The number of rotatable bonds is 2. The van der Waals surface area contributed by atoms with E-state index >= 15 is 0 Å². The van der Waals surface area contributed by atoms with E-state index in [0.29, 0.717) is 5.75 Å². The van der Waals surface area contributed by atoms with E-state index < -0.39 is 0 Å². The Morgan fingerprint density at radius 2 is 1.78 bits per heavy atom. The quantitative estimate of drug-likeness (QED) is 0.867. The van der Waals surface area contributed by atoms with Crippen LogP contribution < -0.4 is 0 Å². The third kappa shape index (κ3) is 2.08. The van der Waals surface area contributed by atoms with Crippen LogP contribution in [0.15, 0.2) is 41.3 Å². The molecule has 1 aliphatic carbocycles. The monoisotopic (exact) mass is 260 g/mol. The largest absolute Gasteiger partial charge is 0.507 e. The predicted molar refractivity (Wildman–Crippen MR) is 75.1 cm³/mol. The molecule has 1 aliphatic rings. The van der Waals surface area contributed by atoms with Crippen molar-refractivity contribution in [3.63, 3.8) is 0 Å². The summed E-state index contributed by atoms with van der Waals surface area (Å²) < 4.78 is 0. The molecule has 2 atom stereocenters. The first-order valence-corrected chi connectivity index (χ1v) is 7.19. The fraction of sp³-hybridized carbons (Fsp3) is 0.333. The first-order valence-electron chi connectivity index (χ1n) is 6.31. The van der Waals surface area contributed by atoms with Crippen LogP contribution >= 0.6 is 11.8 Å². The fourth-order valence-corrected chi connectivity index (χ4v) is 3.92. The van der Waals surface area contributed by atoms with Crippen molar-refractivity contribution in [3.05, 3.63) is 36.4 Å². The number of phenolic OH excluding ortho intramolecular Hbond substituents is 1. The number of fused-ring (bicyclic) bond motifs is 1. The number of aliphatic hydroxyl groups is 1. The van der Waals surface area contributed by atoms with E-state index in [9.17, 15) is 10.2 Å². The summed E-state index contributed by atoms with van der Waals surface area (Å²) in [6.45, 7) is 0. The molecule has 1 fully saturated rings. The van der Waals surface area contributed by atoms with E-state index in [2.05, 4.69) is 0 Å². The lowest BCUT2D eigenvalue weighted by Crippen LogP contribution is -2.14. The molecule has 0 radical (unpaired) electrons. The van der Waals surface area contributed by atoms with Gasteiger partial charge in [-0.3, -0.25) is 0 Å². The van der Waals surface area contributed by atoms with Gasteiger partial charge in [-0.05, 0) is 36.8 Å². The van der Waals surface area contributed by atoms with Crippen molar-refractivity contribution in [1.29, 1.82) is 0 Å². The van der Waals surface area contributed by atoms with Crippen molar-refractivity contribution >= 4 is 22.5 Å². The molecule has 0 heterocycles. The summed E-state index contributed by atoms with van der Waals surface area (Å²) in [5.74, 6) is 0.321. The van der Waals surface area contributed by atoms with Gasteiger partial charge >= 0.3 is 0 Å². The maximum absolute atomic E-state index is 9.91. The van der Waals surface area contributed by atoms with Crippen molar-refractivity contribution in [2.75, 3.05) is 0 Å². The summed E-state index contributed by atoms with van der Waals surface area (Å²) in [6.07, 6.45) is 2.89. The van der Waals surface area contributed by atoms with E-state index in [1.165, 1.54) is 0 Å². The third-order valence-corrected chi connectivity index (χ3v) is 5.02. The first-order chi connectivity index (χ1) is 8.75. The SMILES string of the molecule is Oc1ccc(SC2CCCC2O)c2ccccc12. The van der Waals surface area contributed by atoms with Crippen LogP contribution in [-0.4, -0.2) is 21.6 Å². The molecule has 2 aromatic rings. The molecule has 0 aliphatic heterocycles. The summed E-state index contributed by atoms with van der Waals surface area (Å²) in [6, 6.07) is 11.6. The smallest absolute Gasteiger partial charge is 0.123 e. The zero-order valence-corrected chi connectivity index (χ0v) is 10.9. The van der Waals surface area contributed by atoms with Crippen LogP contribution in [0, 0.1) is 0 Å². The van der Waals surface area contributed by atoms with Gasteiger partial charge < -0.3 is 10.2 Å².